The lowest BCUT2D eigenvalue weighted by atomic mass is 10.1. The molecule has 1 unspecified atom stereocenters. The van der Waals surface area contributed by atoms with Crippen LogP contribution < -0.4 is 9.47 Å². The maximum Gasteiger partial charge on any atom is 0.179 e. The van der Waals surface area contributed by atoms with Gasteiger partial charge < -0.3 is 9.47 Å². The molecule has 1 atom stereocenters. The Morgan fingerprint density at radius 2 is 1.52 bits per heavy atom. The molecule has 110 valence electrons. The first-order valence-corrected chi connectivity index (χ1v) is 7.67. The highest BCUT2D eigenvalue weighted by molar-refractivity contribution is 7.86. The summed E-state index contributed by atoms with van der Waals surface area (Å²) < 4.78 is 22.7. The van der Waals surface area contributed by atoms with Crippen LogP contribution in [0.3, 0.4) is 0 Å². The number of hydrogen-bond donors (Lipinski definition) is 0. The van der Waals surface area contributed by atoms with E-state index in [1.54, 1.807) is 48.5 Å². The molecule has 0 heterocycles. The largest absolute Gasteiger partial charge is 0.496 e. The van der Waals surface area contributed by atoms with E-state index >= 15 is 0 Å². The second-order valence-corrected chi connectivity index (χ2v) is 5.68. The lowest BCUT2D eigenvalue weighted by molar-refractivity contribution is 0.101. The smallest absolute Gasteiger partial charge is 0.179 e. The van der Waals surface area contributed by atoms with Gasteiger partial charge in [0.25, 0.3) is 0 Å². The number of ketones is 1. The van der Waals surface area contributed by atoms with Gasteiger partial charge >= 0.3 is 0 Å². The minimum Gasteiger partial charge on any atom is -0.496 e. The summed E-state index contributed by atoms with van der Waals surface area (Å²) in [4.78, 5) is 12.8. The van der Waals surface area contributed by atoms with Crippen molar-refractivity contribution in [3.8, 4) is 11.5 Å². The van der Waals surface area contributed by atoms with Crippen LogP contribution in [0.15, 0.2) is 53.4 Å². The first kappa shape index (κ1) is 15.3. The Balaban J connectivity index is 2.21. The summed E-state index contributed by atoms with van der Waals surface area (Å²) in [6.07, 6.45) is 0. The van der Waals surface area contributed by atoms with Crippen LogP contribution in [0.4, 0.5) is 0 Å². The zero-order valence-corrected chi connectivity index (χ0v) is 12.7. The van der Waals surface area contributed by atoms with Crippen molar-refractivity contribution in [1.29, 1.82) is 0 Å². The fourth-order valence-corrected chi connectivity index (χ4v) is 3.11. The molecule has 0 aliphatic rings. The molecule has 2 rings (SSSR count). The Morgan fingerprint density at radius 1 is 0.952 bits per heavy atom. The summed E-state index contributed by atoms with van der Waals surface area (Å²) in [5, 5.41) is 0. The highest BCUT2D eigenvalue weighted by Gasteiger charge is 2.18. The predicted molar refractivity (Wildman–Crippen MR) is 81.6 cm³/mol. The van der Waals surface area contributed by atoms with E-state index in [9.17, 15) is 9.00 Å². The summed E-state index contributed by atoms with van der Waals surface area (Å²) in [6, 6.07) is 13.9. The van der Waals surface area contributed by atoms with Crippen molar-refractivity contribution in [3.63, 3.8) is 0 Å². The molecule has 0 aromatic heterocycles. The van der Waals surface area contributed by atoms with Crippen LogP contribution in [-0.2, 0) is 10.8 Å². The Kier molecular flexibility index (Phi) is 5.11. The van der Waals surface area contributed by atoms with Crippen molar-refractivity contribution in [3.05, 3.63) is 54.1 Å². The van der Waals surface area contributed by atoms with Crippen molar-refractivity contribution in [2.75, 3.05) is 20.0 Å². The van der Waals surface area contributed by atoms with E-state index in [0.29, 0.717) is 22.0 Å². The number of ether oxygens (including phenoxy) is 2. The fourth-order valence-electron chi connectivity index (χ4n) is 1.96. The first-order valence-electron chi connectivity index (χ1n) is 6.35. The standard InChI is InChI=1S/C16H16O4S/c1-19-14-8-4-3-7-12(14)13(17)11-21(18)16-10-6-5-9-15(16)20-2/h3-10H,11H2,1-2H3. The zero-order valence-electron chi connectivity index (χ0n) is 11.9. The molecule has 0 spiro atoms. The average molecular weight is 304 g/mol. The lowest BCUT2D eigenvalue weighted by Gasteiger charge is -2.09. The normalized spacial score (nSPS) is 11.7. The number of rotatable bonds is 6. The van der Waals surface area contributed by atoms with Gasteiger partial charge in [0.05, 0.1) is 41.2 Å². The zero-order chi connectivity index (χ0) is 15.2. The van der Waals surface area contributed by atoms with Gasteiger partial charge in [-0.05, 0) is 24.3 Å². The van der Waals surface area contributed by atoms with Crippen molar-refractivity contribution < 1.29 is 18.5 Å². The van der Waals surface area contributed by atoms with Crippen LogP contribution in [0.5, 0.6) is 11.5 Å². The molecule has 0 fully saturated rings. The first-order chi connectivity index (χ1) is 10.2. The van der Waals surface area contributed by atoms with Crippen LogP contribution in [0.2, 0.25) is 0 Å². The third-order valence-electron chi connectivity index (χ3n) is 2.98. The average Bonchev–Trinajstić information content (AvgIpc) is 2.54. The summed E-state index contributed by atoms with van der Waals surface area (Å²) >= 11 is 0. The third kappa shape index (κ3) is 3.49. The molecule has 0 aliphatic carbocycles. The van der Waals surface area contributed by atoms with Gasteiger partial charge in [0.15, 0.2) is 5.78 Å². The number of methoxy groups -OCH3 is 2. The number of benzene rings is 2. The lowest BCUT2D eigenvalue weighted by Crippen LogP contribution is -2.12. The van der Waals surface area contributed by atoms with E-state index in [4.69, 9.17) is 9.47 Å². The molecule has 0 saturated carbocycles. The molecule has 21 heavy (non-hydrogen) atoms. The summed E-state index contributed by atoms with van der Waals surface area (Å²) in [6.45, 7) is 0. The highest BCUT2D eigenvalue weighted by Crippen LogP contribution is 2.23. The van der Waals surface area contributed by atoms with Crippen molar-refractivity contribution >= 4 is 16.6 Å². The van der Waals surface area contributed by atoms with Crippen LogP contribution >= 0.6 is 0 Å². The molecule has 0 bridgehead atoms. The Labute approximate surface area is 126 Å². The Hall–Kier alpha value is -2.14. The van der Waals surface area contributed by atoms with Gasteiger partial charge in [-0.25, -0.2) is 0 Å². The van der Waals surface area contributed by atoms with Crippen LogP contribution in [0.25, 0.3) is 0 Å². The van der Waals surface area contributed by atoms with Gasteiger partial charge in [-0.2, -0.15) is 0 Å². The highest BCUT2D eigenvalue weighted by atomic mass is 32.2. The van der Waals surface area contributed by atoms with E-state index in [2.05, 4.69) is 0 Å². The van der Waals surface area contributed by atoms with Gasteiger partial charge in [-0.15, -0.1) is 0 Å². The molecule has 0 radical (unpaired) electrons. The summed E-state index contributed by atoms with van der Waals surface area (Å²) in [5.74, 6) is 0.667. The predicted octanol–water partition coefficient (Wildman–Crippen LogP) is 2.69. The van der Waals surface area contributed by atoms with Gasteiger partial charge in [0, 0.05) is 0 Å². The molecular weight excluding hydrogens is 288 g/mol. The molecule has 2 aromatic rings. The quantitative estimate of drug-likeness (QED) is 0.770. The van der Waals surface area contributed by atoms with E-state index in [0.717, 1.165) is 0 Å². The van der Waals surface area contributed by atoms with Gasteiger partial charge in [0.2, 0.25) is 0 Å². The van der Waals surface area contributed by atoms with Crippen molar-refractivity contribution in [1.82, 2.24) is 0 Å². The third-order valence-corrected chi connectivity index (χ3v) is 4.34. The number of para-hydroxylation sites is 2. The van der Waals surface area contributed by atoms with Gasteiger partial charge in [-0.1, -0.05) is 24.3 Å². The maximum absolute atomic E-state index is 12.4. The van der Waals surface area contributed by atoms with Gasteiger partial charge in [-0.3, -0.25) is 9.00 Å². The van der Waals surface area contributed by atoms with E-state index in [1.807, 2.05) is 0 Å². The van der Waals surface area contributed by atoms with Crippen LogP contribution in [0, 0.1) is 0 Å². The molecule has 0 amide bonds. The van der Waals surface area contributed by atoms with Crippen molar-refractivity contribution in [2.24, 2.45) is 0 Å². The molecular formula is C16H16O4S. The molecule has 0 N–H and O–H groups in total. The molecule has 5 heteroatoms. The summed E-state index contributed by atoms with van der Waals surface area (Å²) in [5.41, 5.74) is 0.434. The molecule has 4 nitrogen and oxygen atoms in total. The van der Waals surface area contributed by atoms with Gasteiger partial charge in [0.1, 0.15) is 11.5 Å². The van der Waals surface area contributed by atoms with E-state index in [-0.39, 0.29) is 11.5 Å². The second-order valence-electron chi connectivity index (χ2n) is 4.26. The minimum absolute atomic E-state index is 0.110. The topological polar surface area (TPSA) is 52.6 Å². The monoisotopic (exact) mass is 304 g/mol. The van der Waals surface area contributed by atoms with E-state index in [1.165, 1.54) is 14.2 Å². The van der Waals surface area contributed by atoms with Crippen LogP contribution in [-0.4, -0.2) is 30.0 Å². The molecule has 0 saturated heterocycles. The fraction of sp³-hybridized carbons (Fsp3) is 0.188. The molecule has 0 aliphatic heterocycles. The minimum atomic E-state index is -1.47. The molecule has 2 aromatic carbocycles. The number of Topliss-reactive ketones (excluding diaryl/α,β-unsaturated/α-hetero) is 1. The SMILES string of the molecule is COc1ccccc1C(=O)CS(=O)c1ccccc1OC. The summed E-state index contributed by atoms with van der Waals surface area (Å²) in [7, 11) is 1.55. The maximum atomic E-state index is 12.4. The number of carbonyl (C=O) groups is 1. The van der Waals surface area contributed by atoms with Crippen LogP contribution in [0.1, 0.15) is 10.4 Å². The Morgan fingerprint density at radius 3 is 2.19 bits per heavy atom. The van der Waals surface area contributed by atoms with E-state index < -0.39 is 10.8 Å². The number of hydrogen-bond acceptors (Lipinski definition) is 4. The second kappa shape index (κ2) is 7.04. The Bertz CT molecular complexity index is 609. The van der Waals surface area contributed by atoms with Crippen molar-refractivity contribution in [2.45, 2.75) is 4.90 Å². The number of carbonyl (C=O) groups excluding carboxylic acids is 1.